The molecule has 6 atom stereocenters. The lowest BCUT2D eigenvalue weighted by Gasteiger charge is -2.38. The SMILES string of the molecule is C=CCNC(=O)C(=O)C(CCC)CC(=O)[C@@H]1[C@@H]2[C@H](CN1C(=O)[C@@H](NC(=O)N[C@H](CN1CCN(C(C)C)S1(=O)=O)C(C)(C)C)C1CCCCC1)C2(C)C. The molecular weight excluding hydrogens is 685 g/mol. The van der Waals surface area contributed by atoms with Gasteiger partial charge in [0, 0.05) is 57.1 Å². The summed E-state index contributed by atoms with van der Waals surface area (Å²) in [6.45, 7) is 20.5. The lowest BCUT2D eigenvalue weighted by atomic mass is 9.82. The van der Waals surface area contributed by atoms with E-state index in [4.69, 9.17) is 0 Å². The Hall–Kier alpha value is -2.84. The smallest absolute Gasteiger partial charge is 0.315 e. The molecule has 294 valence electrons. The van der Waals surface area contributed by atoms with Crippen LogP contribution in [-0.4, -0.2) is 108 Å². The quantitative estimate of drug-likeness (QED) is 0.160. The number of amides is 4. The van der Waals surface area contributed by atoms with Gasteiger partial charge in [0.2, 0.25) is 11.7 Å². The van der Waals surface area contributed by atoms with Crippen LogP contribution in [0, 0.1) is 34.5 Å². The van der Waals surface area contributed by atoms with Gasteiger partial charge in [-0.15, -0.1) is 6.58 Å². The number of Topliss-reactive ketones (excluding diaryl/α,β-unsaturated/α-hetero) is 2. The zero-order valence-corrected chi connectivity index (χ0v) is 33.5. The molecule has 0 spiro atoms. The first-order chi connectivity index (χ1) is 24.3. The van der Waals surface area contributed by atoms with Gasteiger partial charge in [-0.1, -0.05) is 73.3 Å². The Morgan fingerprint density at radius 3 is 2.21 bits per heavy atom. The molecule has 4 fully saturated rings. The van der Waals surface area contributed by atoms with Crippen LogP contribution in [-0.2, 0) is 29.4 Å². The third-order valence-electron chi connectivity index (χ3n) is 12.1. The summed E-state index contributed by atoms with van der Waals surface area (Å²) in [5, 5.41) is 8.58. The Morgan fingerprint density at radius 1 is 1.00 bits per heavy atom. The number of hydrogen-bond acceptors (Lipinski definition) is 7. The van der Waals surface area contributed by atoms with Crippen molar-refractivity contribution in [3.8, 4) is 0 Å². The summed E-state index contributed by atoms with van der Waals surface area (Å²) >= 11 is 0. The Bertz CT molecular complexity index is 1470. The first-order valence-electron chi connectivity index (χ1n) is 19.4. The fourth-order valence-corrected chi connectivity index (χ4v) is 10.6. The molecule has 2 saturated carbocycles. The average molecular weight is 749 g/mol. The molecule has 52 heavy (non-hydrogen) atoms. The van der Waals surface area contributed by atoms with Crippen LogP contribution in [0.1, 0.15) is 107 Å². The van der Waals surface area contributed by atoms with E-state index in [1.807, 2.05) is 41.5 Å². The van der Waals surface area contributed by atoms with Crippen molar-refractivity contribution in [1.29, 1.82) is 0 Å². The van der Waals surface area contributed by atoms with E-state index in [-0.39, 0.29) is 60.4 Å². The van der Waals surface area contributed by atoms with Crippen molar-refractivity contribution in [3.05, 3.63) is 12.7 Å². The molecule has 2 aliphatic carbocycles. The Morgan fingerprint density at radius 2 is 1.65 bits per heavy atom. The Balaban J connectivity index is 1.55. The second-order valence-electron chi connectivity index (χ2n) is 17.4. The molecule has 2 saturated heterocycles. The van der Waals surface area contributed by atoms with E-state index in [1.54, 1.807) is 4.90 Å². The van der Waals surface area contributed by atoms with Crippen molar-refractivity contribution in [2.24, 2.45) is 34.5 Å². The first-order valence-corrected chi connectivity index (χ1v) is 20.8. The van der Waals surface area contributed by atoms with Crippen LogP contribution in [0.25, 0.3) is 0 Å². The van der Waals surface area contributed by atoms with Gasteiger partial charge >= 0.3 is 6.03 Å². The number of ketones is 2. The lowest BCUT2D eigenvalue weighted by Crippen LogP contribution is -2.60. The highest BCUT2D eigenvalue weighted by Gasteiger charge is 2.69. The van der Waals surface area contributed by atoms with Gasteiger partial charge < -0.3 is 20.9 Å². The van der Waals surface area contributed by atoms with Crippen LogP contribution in [0.4, 0.5) is 4.79 Å². The van der Waals surface area contributed by atoms with E-state index in [0.717, 1.165) is 32.1 Å². The summed E-state index contributed by atoms with van der Waals surface area (Å²) in [6, 6.07) is -2.91. The van der Waals surface area contributed by atoms with E-state index in [1.165, 1.54) is 14.7 Å². The predicted molar refractivity (Wildman–Crippen MR) is 200 cm³/mol. The number of fused-ring (bicyclic) bond motifs is 1. The molecule has 14 heteroatoms. The molecule has 0 aromatic heterocycles. The van der Waals surface area contributed by atoms with Crippen LogP contribution in [0.5, 0.6) is 0 Å². The van der Waals surface area contributed by atoms with Crippen molar-refractivity contribution in [2.45, 2.75) is 131 Å². The van der Waals surface area contributed by atoms with Gasteiger partial charge in [0.25, 0.3) is 16.1 Å². The summed E-state index contributed by atoms with van der Waals surface area (Å²) in [7, 11) is -3.68. The molecule has 4 aliphatic rings. The minimum Gasteiger partial charge on any atom is -0.346 e. The van der Waals surface area contributed by atoms with Crippen molar-refractivity contribution in [2.75, 3.05) is 32.7 Å². The monoisotopic (exact) mass is 748 g/mol. The van der Waals surface area contributed by atoms with Crippen molar-refractivity contribution >= 4 is 39.6 Å². The van der Waals surface area contributed by atoms with Crippen molar-refractivity contribution in [3.63, 3.8) is 0 Å². The summed E-state index contributed by atoms with van der Waals surface area (Å²) in [5.74, 6) is -2.78. The van der Waals surface area contributed by atoms with Crippen molar-refractivity contribution in [1.82, 2.24) is 29.5 Å². The maximum absolute atomic E-state index is 14.7. The first kappa shape index (κ1) is 41.9. The lowest BCUT2D eigenvalue weighted by molar-refractivity contribution is -0.144. The minimum atomic E-state index is -3.68. The number of nitrogens with one attached hydrogen (secondary N) is 3. The summed E-state index contributed by atoms with van der Waals surface area (Å²) < 4.78 is 29.4. The van der Waals surface area contributed by atoms with E-state index < -0.39 is 57.4 Å². The highest BCUT2D eigenvalue weighted by molar-refractivity contribution is 7.87. The van der Waals surface area contributed by atoms with Gasteiger partial charge in [0.15, 0.2) is 5.78 Å². The molecule has 3 N–H and O–H groups in total. The zero-order chi connectivity index (χ0) is 38.8. The standard InChI is InChI=1S/C38H64N6O7S/c1-10-15-26(33(46)34(47)39-18-11-2)21-28(45)32-30-27(38(30,8)9)22-43(32)35(48)31(25-16-13-12-14-17-25)41-36(49)40-29(37(5,6)7)23-42-19-20-44(24(3)4)52(42,50)51/h11,24-27,29-32H,2,10,12-23H2,1,3-9H3,(H,39,47)(H2,40,41,49)/t26?,27-,29+,30-,31-,32+/m0/s1. The van der Waals surface area contributed by atoms with Gasteiger partial charge in [-0.05, 0) is 61.7 Å². The second-order valence-corrected chi connectivity index (χ2v) is 19.3. The highest BCUT2D eigenvalue weighted by Crippen LogP contribution is 2.65. The van der Waals surface area contributed by atoms with Gasteiger partial charge in [-0.3, -0.25) is 19.2 Å². The number of rotatable bonds is 16. The number of nitrogens with zero attached hydrogens (tertiary/aromatic N) is 3. The molecule has 1 unspecified atom stereocenters. The second kappa shape index (κ2) is 16.7. The molecule has 4 rings (SSSR count). The molecule has 2 aliphatic heterocycles. The summed E-state index contributed by atoms with van der Waals surface area (Å²) in [4.78, 5) is 70.2. The van der Waals surface area contributed by atoms with Crippen LogP contribution in [0.15, 0.2) is 12.7 Å². The number of hydrogen-bond donors (Lipinski definition) is 3. The van der Waals surface area contributed by atoms with Gasteiger partial charge in [0.1, 0.15) is 6.04 Å². The van der Waals surface area contributed by atoms with Gasteiger partial charge in [-0.25, -0.2) is 4.79 Å². The number of likely N-dealkylation sites (tertiary alicyclic amines) is 1. The number of urea groups is 1. The summed E-state index contributed by atoms with van der Waals surface area (Å²) in [5.41, 5.74) is -0.661. The Labute approximate surface area is 311 Å². The molecule has 0 bridgehead atoms. The predicted octanol–water partition coefficient (Wildman–Crippen LogP) is 3.65. The molecule has 2 heterocycles. The molecule has 0 aromatic rings. The van der Waals surface area contributed by atoms with E-state index in [0.29, 0.717) is 32.5 Å². The topological polar surface area (TPSA) is 165 Å². The molecule has 0 aromatic carbocycles. The maximum atomic E-state index is 14.7. The fourth-order valence-electron chi connectivity index (χ4n) is 8.77. The zero-order valence-electron chi connectivity index (χ0n) is 32.7. The Kier molecular flexibility index (Phi) is 13.4. The largest absolute Gasteiger partial charge is 0.346 e. The molecule has 0 radical (unpaired) electrons. The van der Waals surface area contributed by atoms with E-state index in [9.17, 15) is 32.4 Å². The van der Waals surface area contributed by atoms with Crippen LogP contribution < -0.4 is 16.0 Å². The number of carbonyl (C=O) groups is 5. The molecular formula is C38H64N6O7S. The normalized spacial score (nSPS) is 26.2. The highest BCUT2D eigenvalue weighted by atomic mass is 32.2. The average Bonchev–Trinajstić information content (AvgIpc) is 3.34. The molecule has 4 amide bonds. The summed E-state index contributed by atoms with van der Waals surface area (Å²) in [6.07, 6.45) is 6.76. The molecule has 13 nitrogen and oxygen atoms in total. The van der Waals surface area contributed by atoms with E-state index >= 15 is 0 Å². The third-order valence-corrected chi connectivity index (χ3v) is 14.3. The number of piperidine rings is 1. The van der Waals surface area contributed by atoms with Crippen LogP contribution in [0.2, 0.25) is 0 Å². The van der Waals surface area contributed by atoms with E-state index in [2.05, 4.69) is 36.4 Å². The van der Waals surface area contributed by atoms with Crippen molar-refractivity contribution < 1.29 is 32.4 Å². The van der Waals surface area contributed by atoms with Gasteiger partial charge in [0.05, 0.1) is 6.04 Å². The maximum Gasteiger partial charge on any atom is 0.315 e. The van der Waals surface area contributed by atoms with Crippen LogP contribution >= 0.6 is 0 Å². The van der Waals surface area contributed by atoms with Crippen LogP contribution in [0.3, 0.4) is 0 Å². The minimum absolute atomic E-state index is 0.0742. The number of carbonyl (C=O) groups excluding carboxylic acids is 5. The van der Waals surface area contributed by atoms with Gasteiger partial charge in [-0.2, -0.15) is 17.0 Å². The third kappa shape index (κ3) is 9.09. The fraction of sp³-hybridized carbons (Fsp3) is 0.816.